The molecule has 4 heteroatoms. The zero-order valence-electron chi connectivity index (χ0n) is 9.80. The van der Waals surface area contributed by atoms with E-state index < -0.39 is 15.9 Å². The Morgan fingerprint density at radius 2 is 2.00 bits per heavy atom. The van der Waals surface area contributed by atoms with Crippen molar-refractivity contribution in [2.75, 3.05) is 12.0 Å². The van der Waals surface area contributed by atoms with Crippen molar-refractivity contribution in [3.05, 3.63) is 35.9 Å². The van der Waals surface area contributed by atoms with E-state index in [9.17, 15) is 8.42 Å². The lowest BCUT2D eigenvalue weighted by Crippen LogP contribution is -2.16. The number of benzene rings is 1. The SMILES string of the molecule is C#CC(CCS(C)(=O)=O)OCc1ccccc1. The fourth-order valence-corrected chi connectivity index (χ4v) is 1.95. The van der Waals surface area contributed by atoms with Gasteiger partial charge in [0.15, 0.2) is 0 Å². The Hall–Kier alpha value is -1.31. The van der Waals surface area contributed by atoms with Gasteiger partial charge in [-0.1, -0.05) is 36.3 Å². The van der Waals surface area contributed by atoms with Crippen LogP contribution in [0.5, 0.6) is 0 Å². The zero-order valence-corrected chi connectivity index (χ0v) is 10.6. The van der Waals surface area contributed by atoms with Crippen molar-refractivity contribution >= 4 is 9.84 Å². The summed E-state index contributed by atoms with van der Waals surface area (Å²) in [5, 5.41) is 0. The smallest absolute Gasteiger partial charge is 0.147 e. The van der Waals surface area contributed by atoms with Crippen LogP contribution in [-0.2, 0) is 21.2 Å². The van der Waals surface area contributed by atoms with Crippen molar-refractivity contribution in [2.24, 2.45) is 0 Å². The molecule has 3 nitrogen and oxygen atoms in total. The number of rotatable bonds is 6. The van der Waals surface area contributed by atoms with Gasteiger partial charge in [-0.05, 0) is 12.0 Å². The predicted octanol–water partition coefficient (Wildman–Crippen LogP) is 1.64. The maximum absolute atomic E-state index is 11.0. The second kappa shape index (κ2) is 6.43. The van der Waals surface area contributed by atoms with Gasteiger partial charge in [0, 0.05) is 6.26 Å². The van der Waals surface area contributed by atoms with Crippen molar-refractivity contribution in [1.82, 2.24) is 0 Å². The van der Waals surface area contributed by atoms with E-state index >= 15 is 0 Å². The van der Waals surface area contributed by atoms with E-state index in [1.165, 1.54) is 6.26 Å². The molecule has 0 aliphatic heterocycles. The van der Waals surface area contributed by atoms with E-state index in [1.54, 1.807) is 0 Å². The second-order valence-corrected chi connectivity index (χ2v) is 6.13. The zero-order chi connectivity index (χ0) is 12.7. The number of hydrogen-bond donors (Lipinski definition) is 0. The predicted molar refractivity (Wildman–Crippen MR) is 68.2 cm³/mol. The maximum atomic E-state index is 11.0. The minimum absolute atomic E-state index is 0.0522. The van der Waals surface area contributed by atoms with Gasteiger partial charge in [-0.15, -0.1) is 6.42 Å². The molecule has 0 spiro atoms. The average molecular weight is 252 g/mol. The van der Waals surface area contributed by atoms with Crippen molar-refractivity contribution in [2.45, 2.75) is 19.1 Å². The molecule has 0 saturated carbocycles. The summed E-state index contributed by atoms with van der Waals surface area (Å²) in [7, 11) is -2.99. The van der Waals surface area contributed by atoms with E-state index in [-0.39, 0.29) is 5.75 Å². The van der Waals surface area contributed by atoms with Gasteiger partial charge < -0.3 is 4.74 Å². The van der Waals surface area contributed by atoms with Crippen molar-refractivity contribution < 1.29 is 13.2 Å². The standard InChI is InChI=1S/C13H16O3S/c1-3-13(9-10-17(2,14)15)16-11-12-7-5-4-6-8-12/h1,4-8,13H,9-11H2,2H3. The topological polar surface area (TPSA) is 43.4 Å². The van der Waals surface area contributed by atoms with Crippen LogP contribution in [0.3, 0.4) is 0 Å². The minimum atomic E-state index is -2.99. The van der Waals surface area contributed by atoms with Crippen LogP contribution in [0, 0.1) is 12.3 Å². The molecule has 17 heavy (non-hydrogen) atoms. The highest BCUT2D eigenvalue weighted by Gasteiger charge is 2.10. The molecule has 1 atom stereocenters. The quantitative estimate of drug-likeness (QED) is 0.723. The maximum Gasteiger partial charge on any atom is 0.147 e. The molecule has 1 aromatic rings. The third kappa shape index (κ3) is 6.10. The van der Waals surface area contributed by atoms with Gasteiger partial charge in [0.2, 0.25) is 0 Å². The Morgan fingerprint density at radius 3 is 2.53 bits per heavy atom. The van der Waals surface area contributed by atoms with E-state index in [2.05, 4.69) is 5.92 Å². The van der Waals surface area contributed by atoms with E-state index in [0.717, 1.165) is 5.56 Å². The van der Waals surface area contributed by atoms with E-state index in [0.29, 0.717) is 13.0 Å². The molecule has 92 valence electrons. The molecular weight excluding hydrogens is 236 g/mol. The fraction of sp³-hybridized carbons (Fsp3) is 0.385. The van der Waals surface area contributed by atoms with Crippen molar-refractivity contribution in [3.8, 4) is 12.3 Å². The molecule has 1 aromatic carbocycles. The molecule has 1 unspecified atom stereocenters. The molecule has 0 fully saturated rings. The third-order valence-corrected chi connectivity index (χ3v) is 3.21. The Morgan fingerprint density at radius 1 is 1.35 bits per heavy atom. The first-order valence-electron chi connectivity index (χ1n) is 5.30. The van der Waals surface area contributed by atoms with E-state index in [4.69, 9.17) is 11.2 Å². The Bertz CT molecular complexity index is 471. The molecule has 0 bridgehead atoms. The third-order valence-electron chi connectivity index (χ3n) is 2.23. The summed E-state index contributed by atoms with van der Waals surface area (Å²) in [5.41, 5.74) is 1.02. The van der Waals surface area contributed by atoms with Crippen LogP contribution in [0.25, 0.3) is 0 Å². The van der Waals surface area contributed by atoms with Crippen LogP contribution >= 0.6 is 0 Å². The normalized spacial score (nSPS) is 12.9. The number of terminal acetylenes is 1. The average Bonchev–Trinajstić information content (AvgIpc) is 2.29. The molecule has 0 radical (unpaired) electrons. The minimum Gasteiger partial charge on any atom is -0.361 e. The lowest BCUT2D eigenvalue weighted by Gasteiger charge is -2.11. The summed E-state index contributed by atoms with van der Waals surface area (Å²) < 4.78 is 27.5. The van der Waals surface area contributed by atoms with Gasteiger partial charge in [0.1, 0.15) is 15.9 Å². The first kappa shape index (κ1) is 13.8. The molecular formula is C13H16O3S. The highest BCUT2D eigenvalue weighted by Crippen LogP contribution is 2.06. The highest BCUT2D eigenvalue weighted by atomic mass is 32.2. The molecule has 0 saturated heterocycles. The van der Waals surface area contributed by atoms with Gasteiger partial charge in [-0.2, -0.15) is 0 Å². The van der Waals surface area contributed by atoms with Gasteiger partial charge in [0.05, 0.1) is 12.4 Å². The fourth-order valence-electron chi connectivity index (χ4n) is 1.31. The molecule has 1 rings (SSSR count). The summed E-state index contributed by atoms with van der Waals surface area (Å²) in [4.78, 5) is 0. The number of ether oxygens (including phenoxy) is 1. The van der Waals surface area contributed by atoms with Crippen LogP contribution in [0.4, 0.5) is 0 Å². The molecule has 0 N–H and O–H groups in total. The van der Waals surface area contributed by atoms with Crippen LogP contribution in [0.1, 0.15) is 12.0 Å². The Kier molecular flexibility index (Phi) is 5.20. The lowest BCUT2D eigenvalue weighted by atomic mass is 10.2. The van der Waals surface area contributed by atoms with Crippen LogP contribution < -0.4 is 0 Å². The summed E-state index contributed by atoms with van der Waals surface area (Å²) in [6, 6.07) is 9.63. The van der Waals surface area contributed by atoms with Crippen LogP contribution in [0.15, 0.2) is 30.3 Å². The molecule has 0 aliphatic carbocycles. The first-order chi connectivity index (χ1) is 8.01. The number of hydrogen-bond acceptors (Lipinski definition) is 3. The largest absolute Gasteiger partial charge is 0.361 e. The monoisotopic (exact) mass is 252 g/mol. The molecule has 0 aliphatic rings. The van der Waals surface area contributed by atoms with Gasteiger partial charge in [0.25, 0.3) is 0 Å². The Balaban J connectivity index is 2.41. The van der Waals surface area contributed by atoms with Gasteiger partial charge in [-0.3, -0.25) is 0 Å². The molecule has 0 heterocycles. The molecule has 0 aromatic heterocycles. The van der Waals surface area contributed by atoms with E-state index in [1.807, 2.05) is 30.3 Å². The van der Waals surface area contributed by atoms with Crippen LogP contribution in [-0.4, -0.2) is 26.5 Å². The van der Waals surface area contributed by atoms with Gasteiger partial charge >= 0.3 is 0 Å². The van der Waals surface area contributed by atoms with Crippen molar-refractivity contribution in [3.63, 3.8) is 0 Å². The lowest BCUT2D eigenvalue weighted by molar-refractivity contribution is 0.0764. The summed E-state index contributed by atoms with van der Waals surface area (Å²) in [6.07, 6.45) is 6.37. The number of sulfone groups is 1. The Labute approximate surface area is 103 Å². The summed E-state index contributed by atoms with van der Waals surface area (Å²) in [5.74, 6) is 2.51. The van der Waals surface area contributed by atoms with Crippen LogP contribution in [0.2, 0.25) is 0 Å². The van der Waals surface area contributed by atoms with Gasteiger partial charge in [-0.25, -0.2) is 8.42 Å². The first-order valence-corrected chi connectivity index (χ1v) is 7.36. The summed E-state index contributed by atoms with van der Waals surface area (Å²) in [6.45, 7) is 0.402. The summed E-state index contributed by atoms with van der Waals surface area (Å²) >= 11 is 0. The second-order valence-electron chi connectivity index (χ2n) is 3.87. The van der Waals surface area contributed by atoms with Crippen molar-refractivity contribution in [1.29, 1.82) is 0 Å². The molecule has 0 amide bonds. The highest BCUT2D eigenvalue weighted by molar-refractivity contribution is 7.90.